The summed E-state index contributed by atoms with van der Waals surface area (Å²) >= 11 is 0. The molecule has 10 aromatic rings. The van der Waals surface area contributed by atoms with Crippen LogP contribution >= 0.6 is 0 Å². The minimum atomic E-state index is 0.840. The molecule has 0 N–H and O–H groups in total. The Balaban J connectivity index is 1.16. The van der Waals surface area contributed by atoms with Crippen LogP contribution in [0.15, 0.2) is 199 Å². The van der Waals surface area contributed by atoms with Crippen molar-refractivity contribution in [3.8, 4) is 33.4 Å². The lowest BCUT2D eigenvalue weighted by atomic mass is 9.97. The second-order valence-electron chi connectivity index (χ2n) is 13.2. The van der Waals surface area contributed by atoms with Gasteiger partial charge in [-0.15, -0.1) is 0 Å². The highest BCUT2D eigenvalue weighted by atomic mass is 16.3. The van der Waals surface area contributed by atoms with E-state index < -0.39 is 0 Å². The van der Waals surface area contributed by atoms with Crippen molar-refractivity contribution in [2.75, 3.05) is 4.90 Å². The number of para-hydroxylation sites is 1. The molecule has 2 heterocycles. The first kappa shape index (κ1) is 29.9. The number of hydrogen-bond donors (Lipinski definition) is 0. The summed E-state index contributed by atoms with van der Waals surface area (Å²) in [5.41, 5.74) is 12.8. The minimum absolute atomic E-state index is 0.840. The molecule has 2 aromatic heterocycles. The summed E-state index contributed by atoms with van der Waals surface area (Å²) in [4.78, 5) is 7.18. The van der Waals surface area contributed by atoms with E-state index in [2.05, 4.69) is 175 Å². The lowest BCUT2D eigenvalue weighted by Gasteiger charge is -2.27. The third-order valence-electron chi connectivity index (χ3n) is 10.1. The molecule has 0 aliphatic rings. The molecule has 52 heavy (non-hydrogen) atoms. The molecule has 0 spiro atoms. The van der Waals surface area contributed by atoms with Crippen LogP contribution in [0.4, 0.5) is 17.1 Å². The Morgan fingerprint density at radius 3 is 1.85 bits per heavy atom. The SMILES string of the molecule is c1ccc(-c2ccc(-c3ccc(N(c4cccc(-c5cccc6ccccc56)c4)c4cc5ncccc5c5oc6ccccc6c45)cc3)cc2)cc1. The van der Waals surface area contributed by atoms with Gasteiger partial charge in [-0.3, -0.25) is 4.98 Å². The van der Waals surface area contributed by atoms with E-state index in [1.807, 2.05) is 24.4 Å². The van der Waals surface area contributed by atoms with Gasteiger partial charge in [-0.1, -0.05) is 140 Å². The van der Waals surface area contributed by atoms with Crippen LogP contribution in [0, 0.1) is 0 Å². The topological polar surface area (TPSA) is 29.3 Å². The molecule has 0 unspecified atom stereocenters. The number of nitrogens with zero attached hydrogens (tertiary/aromatic N) is 2. The van der Waals surface area contributed by atoms with Crippen LogP contribution in [-0.4, -0.2) is 4.98 Å². The van der Waals surface area contributed by atoms with E-state index >= 15 is 0 Å². The van der Waals surface area contributed by atoms with Crippen molar-refractivity contribution in [3.05, 3.63) is 194 Å². The third-order valence-corrected chi connectivity index (χ3v) is 10.1. The molecular formula is C49H32N2O. The van der Waals surface area contributed by atoms with E-state index in [-0.39, 0.29) is 0 Å². The predicted molar refractivity (Wildman–Crippen MR) is 218 cm³/mol. The van der Waals surface area contributed by atoms with Gasteiger partial charge in [0.2, 0.25) is 0 Å². The molecule has 0 saturated carbocycles. The van der Waals surface area contributed by atoms with Gasteiger partial charge in [-0.05, 0) is 92.7 Å². The smallest absolute Gasteiger partial charge is 0.146 e. The Kier molecular flexibility index (Phi) is 7.14. The summed E-state index contributed by atoms with van der Waals surface area (Å²) in [6.45, 7) is 0. The van der Waals surface area contributed by atoms with Gasteiger partial charge in [0, 0.05) is 28.3 Å². The first-order valence-corrected chi connectivity index (χ1v) is 17.6. The number of fused-ring (bicyclic) bond motifs is 6. The molecule has 3 heteroatoms. The fraction of sp³-hybridized carbons (Fsp3) is 0. The maximum Gasteiger partial charge on any atom is 0.146 e. The zero-order chi connectivity index (χ0) is 34.4. The molecule has 3 nitrogen and oxygen atoms in total. The van der Waals surface area contributed by atoms with Crippen molar-refractivity contribution >= 4 is 60.7 Å². The number of rotatable bonds is 6. The van der Waals surface area contributed by atoms with Crippen molar-refractivity contribution in [2.45, 2.75) is 0 Å². The molecular weight excluding hydrogens is 633 g/mol. The van der Waals surface area contributed by atoms with E-state index in [4.69, 9.17) is 9.40 Å². The molecule has 0 bridgehead atoms. The first-order chi connectivity index (χ1) is 25.8. The molecule has 244 valence electrons. The van der Waals surface area contributed by atoms with Gasteiger partial charge >= 0.3 is 0 Å². The molecule has 0 atom stereocenters. The molecule has 0 saturated heterocycles. The quantitative estimate of drug-likeness (QED) is 0.177. The lowest BCUT2D eigenvalue weighted by molar-refractivity contribution is 0.672. The summed E-state index contributed by atoms with van der Waals surface area (Å²) in [6, 6.07) is 66.8. The Labute approximate surface area is 301 Å². The van der Waals surface area contributed by atoms with E-state index in [0.717, 1.165) is 61.0 Å². The van der Waals surface area contributed by atoms with Crippen molar-refractivity contribution in [3.63, 3.8) is 0 Å². The standard InChI is InChI=1S/C49H32N2O/c1-2-11-33(12-3-1)34-22-24-35(25-23-34)36-26-28-39(29-27-36)51(40-16-8-15-38(31-40)42-19-9-14-37-13-4-5-17-41(37)42)46-32-45-43(20-10-30-50-45)49-48(46)44-18-6-7-21-47(44)52-49/h1-32H. The second kappa shape index (κ2) is 12.4. The van der Waals surface area contributed by atoms with Crippen molar-refractivity contribution in [1.29, 1.82) is 0 Å². The molecule has 0 aliphatic carbocycles. The average molecular weight is 665 g/mol. The first-order valence-electron chi connectivity index (χ1n) is 17.6. The van der Waals surface area contributed by atoms with Crippen molar-refractivity contribution < 1.29 is 4.42 Å². The van der Waals surface area contributed by atoms with E-state index in [9.17, 15) is 0 Å². The van der Waals surface area contributed by atoms with Gasteiger partial charge in [0.15, 0.2) is 0 Å². The van der Waals surface area contributed by atoms with E-state index in [0.29, 0.717) is 0 Å². The number of anilines is 3. The predicted octanol–water partition coefficient (Wildman–Crippen LogP) is 13.8. The number of benzene rings is 8. The van der Waals surface area contributed by atoms with Gasteiger partial charge in [0.05, 0.1) is 16.6 Å². The van der Waals surface area contributed by atoms with Gasteiger partial charge in [0.25, 0.3) is 0 Å². The fourth-order valence-corrected chi connectivity index (χ4v) is 7.60. The molecule has 0 radical (unpaired) electrons. The molecule has 0 aliphatic heterocycles. The third kappa shape index (κ3) is 5.10. The van der Waals surface area contributed by atoms with Crippen LogP contribution in [0.5, 0.6) is 0 Å². The highest BCUT2D eigenvalue weighted by molar-refractivity contribution is 6.21. The number of hydrogen-bond acceptors (Lipinski definition) is 3. The Hall–Kier alpha value is -6.97. The maximum absolute atomic E-state index is 6.62. The Morgan fingerprint density at radius 2 is 1.04 bits per heavy atom. The summed E-state index contributed by atoms with van der Waals surface area (Å²) in [5, 5.41) is 5.59. The average Bonchev–Trinajstić information content (AvgIpc) is 3.62. The van der Waals surface area contributed by atoms with Crippen LogP contribution < -0.4 is 4.90 Å². The van der Waals surface area contributed by atoms with Crippen LogP contribution in [-0.2, 0) is 0 Å². The summed E-state index contributed by atoms with van der Waals surface area (Å²) in [6.07, 6.45) is 1.85. The zero-order valence-electron chi connectivity index (χ0n) is 28.3. The number of furan rings is 1. The summed E-state index contributed by atoms with van der Waals surface area (Å²) < 4.78 is 6.62. The second-order valence-corrected chi connectivity index (χ2v) is 13.2. The largest absolute Gasteiger partial charge is 0.455 e. The monoisotopic (exact) mass is 664 g/mol. The van der Waals surface area contributed by atoms with Crippen LogP contribution in [0.2, 0.25) is 0 Å². The molecule has 8 aromatic carbocycles. The maximum atomic E-state index is 6.62. The van der Waals surface area contributed by atoms with Crippen molar-refractivity contribution in [1.82, 2.24) is 4.98 Å². The highest BCUT2D eigenvalue weighted by Crippen LogP contribution is 2.46. The molecule has 0 fully saturated rings. The van der Waals surface area contributed by atoms with Gasteiger partial charge < -0.3 is 9.32 Å². The fourth-order valence-electron chi connectivity index (χ4n) is 7.60. The van der Waals surface area contributed by atoms with Crippen LogP contribution in [0.1, 0.15) is 0 Å². The van der Waals surface area contributed by atoms with Crippen molar-refractivity contribution in [2.24, 2.45) is 0 Å². The Bertz CT molecular complexity index is 2880. The van der Waals surface area contributed by atoms with Crippen LogP contribution in [0.3, 0.4) is 0 Å². The van der Waals surface area contributed by atoms with Crippen LogP contribution in [0.25, 0.3) is 77.0 Å². The number of aromatic nitrogens is 1. The van der Waals surface area contributed by atoms with E-state index in [1.54, 1.807) is 0 Å². The van der Waals surface area contributed by atoms with Gasteiger partial charge in [-0.25, -0.2) is 0 Å². The van der Waals surface area contributed by atoms with E-state index in [1.165, 1.54) is 33.0 Å². The number of pyridine rings is 1. The molecule has 0 amide bonds. The minimum Gasteiger partial charge on any atom is -0.455 e. The lowest BCUT2D eigenvalue weighted by Crippen LogP contribution is -2.10. The summed E-state index contributed by atoms with van der Waals surface area (Å²) in [5.74, 6) is 0. The highest BCUT2D eigenvalue weighted by Gasteiger charge is 2.22. The van der Waals surface area contributed by atoms with Gasteiger partial charge in [-0.2, -0.15) is 0 Å². The molecule has 10 rings (SSSR count). The van der Waals surface area contributed by atoms with Gasteiger partial charge in [0.1, 0.15) is 11.2 Å². The summed E-state index contributed by atoms with van der Waals surface area (Å²) in [7, 11) is 0. The normalized spacial score (nSPS) is 11.5. The Morgan fingerprint density at radius 1 is 0.423 bits per heavy atom. The zero-order valence-corrected chi connectivity index (χ0v) is 28.3.